The number of hydrogen-bond acceptors (Lipinski definition) is 3. The largest absolute Gasteiger partial charge is 0.497 e. The molecular formula is C20H32FIN4O2. The maximum atomic E-state index is 13.7. The number of benzene rings is 1. The third-order valence-corrected chi connectivity index (χ3v) is 4.78. The van der Waals surface area contributed by atoms with E-state index in [1.807, 2.05) is 0 Å². The van der Waals surface area contributed by atoms with Crippen molar-refractivity contribution < 1.29 is 13.9 Å². The molecule has 0 saturated heterocycles. The summed E-state index contributed by atoms with van der Waals surface area (Å²) in [6, 6.07) is 4.54. The number of carbonyl (C=O) groups is 1. The first-order valence-corrected chi connectivity index (χ1v) is 9.53. The van der Waals surface area contributed by atoms with Gasteiger partial charge in [-0.05, 0) is 36.5 Å². The number of nitrogens with zero attached hydrogens (tertiary/aromatic N) is 2. The van der Waals surface area contributed by atoms with Gasteiger partial charge in [-0.3, -0.25) is 4.79 Å². The number of rotatable bonds is 7. The predicted molar refractivity (Wildman–Crippen MR) is 121 cm³/mol. The molecule has 1 amide bonds. The zero-order valence-electron chi connectivity index (χ0n) is 17.0. The van der Waals surface area contributed by atoms with Crippen LogP contribution in [-0.2, 0) is 11.3 Å². The molecule has 0 aliphatic heterocycles. The fraction of sp³-hybridized carbons (Fsp3) is 0.600. The maximum absolute atomic E-state index is 13.7. The summed E-state index contributed by atoms with van der Waals surface area (Å²) in [4.78, 5) is 17.9. The molecule has 1 aliphatic carbocycles. The highest BCUT2D eigenvalue weighted by Crippen LogP contribution is 2.22. The molecule has 0 radical (unpaired) electrons. The molecule has 8 heteroatoms. The molecular weight excluding hydrogens is 474 g/mol. The summed E-state index contributed by atoms with van der Waals surface area (Å²) >= 11 is 0. The van der Waals surface area contributed by atoms with Gasteiger partial charge in [0.05, 0.1) is 20.2 Å². The van der Waals surface area contributed by atoms with E-state index in [1.54, 1.807) is 20.2 Å². The van der Waals surface area contributed by atoms with Crippen molar-refractivity contribution in [3.63, 3.8) is 0 Å². The van der Waals surface area contributed by atoms with E-state index in [2.05, 4.69) is 15.6 Å². The van der Waals surface area contributed by atoms with Crippen LogP contribution in [0.15, 0.2) is 23.2 Å². The van der Waals surface area contributed by atoms with E-state index in [-0.39, 0.29) is 42.2 Å². The van der Waals surface area contributed by atoms with E-state index in [4.69, 9.17) is 4.74 Å². The molecule has 0 atom stereocenters. The summed E-state index contributed by atoms with van der Waals surface area (Å²) in [7, 11) is 4.94. The summed E-state index contributed by atoms with van der Waals surface area (Å²) < 4.78 is 18.8. The summed E-state index contributed by atoms with van der Waals surface area (Å²) in [5.74, 6) is 1.28. The highest BCUT2D eigenvalue weighted by atomic mass is 127. The van der Waals surface area contributed by atoms with Crippen LogP contribution in [0.4, 0.5) is 4.39 Å². The fourth-order valence-corrected chi connectivity index (χ4v) is 3.12. The highest BCUT2D eigenvalue weighted by molar-refractivity contribution is 14.0. The van der Waals surface area contributed by atoms with Crippen LogP contribution in [0.5, 0.6) is 5.75 Å². The van der Waals surface area contributed by atoms with Crippen molar-refractivity contribution in [2.24, 2.45) is 10.9 Å². The number of methoxy groups -OCH3 is 1. The van der Waals surface area contributed by atoms with Gasteiger partial charge in [0.2, 0.25) is 5.91 Å². The molecule has 1 fully saturated rings. The minimum absolute atomic E-state index is 0. The Kier molecular flexibility index (Phi) is 11.2. The van der Waals surface area contributed by atoms with E-state index in [9.17, 15) is 9.18 Å². The maximum Gasteiger partial charge on any atom is 0.241 e. The van der Waals surface area contributed by atoms with Crippen molar-refractivity contribution in [1.82, 2.24) is 15.5 Å². The second kappa shape index (κ2) is 12.8. The van der Waals surface area contributed by atoms with Gasteiger partial charge < -0.3 is 20.3 Å². The van der Waals surface area contributed by atoms with Crippen molar-refractivity contribution in [2.45, 2.75) is 38.6 Å². The Morgan fingerprint density at radius 2 is 1.93 bits per heavy atom. The van der Waals surface area contributed by atoms with Crippen molar-refractivity contribution in [3.8, 4) is 5.75 Å². The standard InChI is InChI=1S/C20H31FN4O2.HI/c1-25(2)19(26)14-24-20(22-12-15-7-5-4-6-8-15)23-13-16-9-17(21)11-18(10-16)27-3;/h9-11,15H,4-8,12-14H2,1-3H3,(H2,22,23,24);1H. The van der Waals surface area contributed by atoms with E-state index in [0.717, 1.165) is 6.54 Å². The fourth-order valence-electron chi connectivity index (χ4n) is 3.12. The normalized spacial score (nSPS) is 14.8. The van der Waals surface area contributed by atoms with Crippen LogP contribution in [0, 0.1) is 11.7 Å². The third kappa shape index (κ3) is 8.62. The first-order chi connectivity index (χ1) is 13.0. The average Bonchev–Trinajstić information content (AvgIpc) is 2.67. The Hall–Kier alpha value is -1.58. The first kappa shape index (κ1) is 24.5. The number of nitrogens with one attached hydrogen (secondary N) is 2. The zero-order valence-corrected chi connectivity index (χ0v) is 19.3. The molecule has 1 aliphatic rings. The molecule has 0 bridgehead atoms. The highest BCUT2D eigenvalue weighted by Gasteiger charge is 2.14. The minimum atomic E-state index is -0.355. The monoisotopic (exact) mass is 506 g/mol. The number of likely N-dealkylation sites (N-methyl/N-ethyl adjacent to an activating group) is 1. The number of guanidine groups is 1. The summed E-state index contributed by atoms with van der Waals surface area (Å²) in [6.07, 6.45) is 6.30. The van der Waals surface area contributed by atoms with E-state index >= 15 is 0 Å². The van der Waals surface area contributed by atoms with Gasteiger partial charge in [0.1, 0.15) is 11.6 Å². The lowest BCUT2D eigenvalue weighted by Crippen LogP contribution is -2.44. The van der Waals surface area contributed by atoms with Crippen molar-refractivity contribution >= 4 is 35.8 Å². The quantitative estimate of drug-likeness (QED) is 0.339. The lowest BCUT2D eigenvalue weighted by atomic mass is 9.89. The van der Waals surface area contributed by atoms with Crippen LogP contribution >= 0.6 is 24.0 Å². The van der Waals surface area contributed by atoms with E-state index < -0.39 is 0 Å². The first-order valence-electron chi connectivity index (χ1n) is 9.53. The number of ether oxygens (including phenoxy) is 1. The van der Waals surface area contributed by atoms with Gasteiger partial charge in [0.15, 0.2) is 5.96 Å². The van der Waals surface area contributed by atoms with Gasteiger partial charge in [-0.25, -0.2) is 9.38 Å². The Bertz CT molecular complexity index is 649. The molecule has 6 nitrogen and oxygen atoms in total. The third-order valence-electron chi connectivity index (χ3n) is 4.78. The van der Waals surface area contributed by atoms with Gasteiger partial charge in [-0.2, -0.15) is 0 Å². The van der Waals surface area contributed by atoms with Crippen molar-refractivity contribution in [2.75, 3.05) is 34.3 Å². The van der Waals surface area contributed by atoms with Gasteiger partial charge in [0.25, 0.3) is 0 Å². The molecule has 1 saturated carbocycles. The number of hydrogen-bond donors (Lipinski definition) is 2. The molecule has 0 heterocycles. The lowest BCUT2D eigenvalue weighted by Gasteiger charge is -2.23. The van der Waals surface area contributed by atoms with Crippen molar-refractivity contribution in [3.05, 3.63) is 29.6 Å². The minimum Gasteiger partial charge on any atom is -0.497 e. The van der Waals surface area contributed by atoms with Gasteiger partial charge in [-0.1, -0.05) is 19.3 Å². The van der Waals surface area contributed by atoms with E-state index in [1.165, 1.54) is 56.2 Å². The second-order valence-electron chi connectivity index (χ2n) is 7.19. The molecule has 0 spiro atoms. The number of aliphatic imine (C=N–C) groups is 1. The number of halogens is 2. The van der Waals surface area contributed by atoms with Crippen LogP contribution in [0.1, 0.15) is 37.7 Å². The van der Waals surface area contributed by atoms with Gasteiger partial charge >= 0.3 is 0 Å². The lowest BCUT2D eigenvalue weighted by molar-refractivity contribution is -0.127. The van der Waals surface area contributed by atoms with Crippen LogP contribution in [-0.4, -0.2) is 51.1 Å². The molecule has 1 aromatic rings. The molecule has 0 unspecified atom stereocenters. The van der Waals surface area contributed by atoms with Crippen LogP contribution in [0.3, 0.4) is 0 Å². The molecule has 158 valence electrons. The van der Waals surface area contributed by atoms with Crippen LogP contribution in [0.2, 0.25) is 0 Å². The smallest absolute Gasteiger partial charge is 0.241 e. The topological polar surface area (TPSA) is 66.0 Å². The Balaban J connectivity index is 0.00000392. The van der Waals surface area contributed by atoms with E-state index in [0.29, 0.717) is 29.7 Å². The molecule has 0 aromatic heterocycles. The van der Waals surface area contributed by atoms with Gasteiger partial charge in [0, 0.05) is 26.7 Å². The number of carbonyl (C=O) groups excluding carboxylic acids is 1. The summed E-state index contributed by atoms with van der Waals surface area (Å²) in [5, 5.41) is 6.42. The second-order valence-corrected chi connectivity index (χ2v) is 7.19. The van der Waals surface area contributed by atoms with Crippen molar-refractivity contribution in [1.29, 1.82) is 0 Å². The van der Waals surface area contributed by atoms with Crippen LogP contribution < -0.4 is 15.4 Å². The SMILES string of the molecule is COc1cc(F)cc(CN=C(NCC(=O)N(C)C)NCC2CCCCC2)c1.I. The zero-order chi connectivity index (χ0) is 19.6. The molecule has 2 N–H and O–H groups in total. The Labute approximate surface area is 184 Å². The Morgan fingerprint density at radius 1 is 1.21 bits per heavy atom. The molecule has 1 aromatic carbocycles. The summed E-state index contributed by atoms with van der Waals surface area (Å²) in [6.45, 7) is 1.29. The number of amides is 1. The average molecular weight is 506 g/mol. The molecule has 2 rings (SSSR count). The van der Waals surface area contributed by atoms with Crippen LogP contribution in [0.25, 0.3) is 0 Å². The summed E-state index contributed by atoms with van der Waals surface area (Å²) in [5.41, 5.74) is 0.713. The Morgan fingerprint density at radius 3 is 2.57 bits per heavy atom. The predicted octanol–water partition coefficient (Wildman–Crippen LogP) is 3.16. The van der Waals surface area contributed by atoms with Gasteiger partial charge in [-0.15, -0.1) is 24.0 Å². The molecule has 28 heavy (non-hydrogen) atoms.